The summed E-state index contributed by atoms with van der Waals surface area (Å²) >= 11 is 0. The minimum atomic E-state index is -7.60. The molecule has 0 rings (SSSR count). The number of aliphatic hydroxyl groups is 1. The van der Waals surface area contributed by atoms with Gasteiger partial charge in [0.25, 0.3) is 0 Å². The third-order valence-electron chi connectivity index (χ3n) is 4.80. The lowest BCUT2D eigenvalue weighted by Gasteiger charge is -2.35. The van der Waals surface area contributed by atoms with Crippen LogP contribution in [-0.4, -0.2) is 73.5 Å². The van der Waals surface area contributed by atoms with Crippen LogP contribution in [-0.2, 0) is 23.7 Å². The van der Waals surface area contributed by atoms with Crippen LogP contribution in [0.15, 0.2) is 0 Å². The lowest BCUT2D eigenvalue weighted by atomic mass is 10.1. The predicted molar refractivity (Wildman–Crippen MR) is 104 cm³/mol. The van der Waals surface area contributed by atoms with Gasteiger partial charge in [0.15, 0.2) is 0 Å². The molecule has 1 unspecified atom stereocenters. The molecule has 0 aromatic rings. The van der Waals surface area contributed by atoms with Crippen molar-refractivity contribution in [2.24, 2.45) is 0 Å². The lowest BCUT2D eigenvalue weighted by molar-refractivity contribution is -0.580. The molecule has 23 heteroatoms. The van der Waals surface area contributed by atoms with Gasteiger partial charge in [0, 0.05) is 6.61 Å². The minimum absolute atomic E-state index is 0.228. The van der Waals surface area contributed by atoms with E-state index in [1.165, 1.54) is 9.47 Å². The first-order valence-electron chi connectivity index (χ1n) is 11.8. The summed E-state index contributed by atoms with van der Waals surface area (Å²) in [5.41, 5.74) is 0. The maximum Gasteiger partial charge on any atom is 0.453 e. The zero-order valence-electron chi connectivity index (χ0n) is 21.6. The van der Waals surface area contributed by atoms with E-state index < -0.39 is 61.8 Å². The molecule has 0 saturated heterocycles. The first kappa shape index (κ1) is 41.6. The Kier molecular flexibility index (Phi) is 14.7. The van der Waals surface area contributed by atoms with E-state index in [0.29, 0.717) is 12.8 Å². The average Bonchev–Trinajstić information content (AvgIpc) is 2.76. The van der Waals surface area contributed by atoms with E-state index in [0.717, 1.165) is 32.1 Å². The number of hydrogen-bond donors (Lipinski definition) is 1. The Morgan fingerprint density at radius 3 is 1.19 bits per heavy atom. The van der Waals surface area contributed by atoms with Crippen LogP contribution in [0.1, 0.15) is 58.3 Å². The molecule has 0 saturated carbocycles. The Balaban J connectivity index is 5.21. The molecule has 0 aliphatic carbocycles. The van der Waals surface area contributed by atoms with Crippen molar-refractivity contribution in [3.8, 4) is 0 Å². The summed E-state index contributed by atoms with van der Waals surface area (Å²) in [5, 5.41) is 7.61. The number of ether oxygens (including phenoxy) is 5. The predicted octanol–water partition coefficient (Wildman–Crippen LogP) is 8.24. The van der Waals surface area contributed by atoms with Crippen LogP contribution < -0.4 is 0 Å². The lowest BCUT2D eigenvalue weighted by Crippen LogP contribution is -2.60. The fraction of sp³-hybridized carbons (Fsp3) is 1.00. The Morgan fingerprint density at radius 2 is 0.814 bits per heavy atom. The van der Waals surface area contributed by atoms with Crippen LogP contribution in [0.5, 0.6) is 0 Å². The van der Waals surface area contributed by atoms with Gasteiger partial charge in [0.05, 0.1) is 0 Å². The minimum Gasteiger partial charge on any atom is -0.376 e. The SMILES string of the molecule is CCCCCCCCCCOCC(F)OC(F)(F)C(F)(F)OC(F)(F)C(F)(F)OC(F)(F)C(F)(F)OC(F)(F)C(O)(F)F. The van der Waals surface area contributed by atoms with E-state index in [4.69, 9.17) is 5.11 Å². The summed E-state index contributed by atoms with van der Waals surface area (Å²) < 4.78 is 235. The standard InChI is InChI=1S/C20H25F17O6/c1-2-3-4-5-6-7-8-9-10-39-11-12(21)40-15(26,27)16(28,29)42-19(34,35)20(36,37)43-18(32,33)17(30,31)41-14(24,25)13(22,23)38/h12,38H,2-11H2,1H3. The smallest absolute Gasteiger partial charge is 0.376 e. The Bertz CT molecular complexity index is 822. The molecule has 0 aromatic carbocycles. The number of unbranched alkanes of at least 4 members (excludes halogenated alkanes) is 7. The van der Waals surface area contributed by atoms with Gasteiger partial charge in [-0.15, -0.1) is 0 Å². The molecule has 0 aromatic heterocycles. The van der Waals surface area contributed by atoms with Gasteiger partial charge in [-0.3, -0.25) is 4.74 Å². The Morgan fingerprint density at radius 1 is 0.488 bits per heavy atom. The van der Waals surface area contributed by atoms with Gasteiger partial charge in [-0.25, -0.2) is 18.6 Å². The number of halogens is 17. The molecule has 0 aliphatic heterocycles. The summed E-state index contributed by atoms with van der Waals surface area (Å²) in [6.07, 6.45) is -55.0. The van der Waals surface area contributed by atoms with E-state index in [1.807, 2.05) is 6.92 Å². The molecule has 0 amide bonds. The fourth-order valence-corrected chi connectivity index (χ4v) is 2.62. The second kappa shape index (κ2) is 15.2. The summed E-state index contributed by atoms with van der Waals surface area (Å²) in [7, 11) is 0. The zero-order chi connectivity index (χ0) is 34.2. The quantitative estimate of drug-likeness (QED) is 0.0865. The largest absolute Gasteiger partial charge is 0.453 e. The Labute approximate surface area is 231 Å². The van der Waals surface area contributed by atoms with Gasteiger partial charge < -0.3 is 9.84 Å². The number of alkyl halides is 17. The summed E-state index contributed by atoms with van der Waals surface area (Å²) in [4.78, 5) is 0. The van der Waals surface area contributed by atoms with E-state index in [9.17, 15) is 74.6 Å². The monoisotopic (exact) mass is 684 g/mol. The van der Waals surface area contributed by atoms with Crippen LogP contribution >= 0.6 is 0 Å². The molecule has 0 radical (unpaired) electrons. The number of hydrogen-bond acceptors (Lipinski definition) is 6. The summed E-state index contributed by atoms with van der Waals surface area (Å²) in [5.74, 6) is 0. The molecule has 43 heavy (non-hydrogen) atoms. The molecular formula is C20H25F17O6. The maximum absolute atomic E-state index is 13.5. The molecular weight excluding hydrogens is 659 g/mol. The van der Waals surface area contributed by atoms with Crippen LogP contribution in [0, 0.1) is 0 Å². The highest BCUT2D eigenvalue weighted by Gasteiger charge is 2.77. The van der Waals surface area contributed by atoms with Crippen molar-refractivity contribution in [2.45, 2.75) is 114 Å². The summed E-state index contributed by atoms with van der Waals surface area (Å²) in [6.45, 7) is 0.119. The van der Waals surface area contributed by atoms with E-state index in [-0.39, 0.29) is 13.0 Å². The first-order valence-corrected chi connectivity index (χ1v) is 11.8. The van der Waals surface area contributed by atoms with Gasteiger partial charge in [0.1, 0.15) is 6.61 Å². The molecule has 0 spiro atoms. The normalized spacial score (nSPS) is 15.7. The van der Waals surface area contributed by atoms with E-state index >= 15 is 0 Å². The topological polar surface area (TPSA) is 66.4 Å². The highest BCUT2D eigenvalue weighted by atomic mass is 19.4. The van der Waals surface area contributed by atoms with Gasteiger partial charge in [-0.1, -0.05) is 51.9 Å². The van der Waals surface area contributed by atoms with Crippen LogP contribution in [0.2, 0.25) is 0 Å². The third-order valence-corrected chi connectivity index (χ3v) is 4.80. The van der Waals surface area contributed by atoms with Crippen LogP contribution in [0.4, 0.5) is 74.6 Å². The molecule has 260 valence electrons. The van der Waals surface area contributed by atoms with Gasteiger partial charge in [-0.05, 0) is 6.42 Å². The van der Waals surface area contributed by atoms with Crippen molar-refractivity contribution in [3.63, 3.8) is 0 Å². The van der Waals surface area contributed by atoms with Crippen molar-refractivity contribution in [2.75, 3.05) is 13.2 Å². The molecule has 1 atom stereocenters. The molecule has 0 bridgehead atoms. The van der Waals surface area contributed by atoms with Crippen LogP contribution in [0.25, 0.3) is 0 Å². The molecule has 0 fully saturated rings. The second-order valence-corrected chi connectivity index (χ2v) is 8.54. The molecule has 0 heterocycles. The van der Waals surface area contributed by atoms with Crippen molar-refractivity contribution < 1.29 is 103 Å². The highest BCUT2D eigenvalue weighted by molar-refractivity contribution is 4.80. The molecule has 1 N–H and O–H groups in total. The first-order chi connectivity index (χ1) is 19.1. The average molecular weight is 684 g/mol. The van der Waals surface area contributed by atoms with Gasteiger partial charge >= 0.3 is 48.9 Å². The van der Waals surface area contributed by atoms with Crippen molar-refractivity contribution in [1.29, 1.82) is 0 Å². The maximum atomic E-state index is 13.5. The van der Waals surface area contributed by atoms with E-state index in [2.05, 4.69) is 9.47 Å². The fourth-order valence-electron chi connectivity index (χ4n) is 2.62. The highest BCUT2D eigenvalue weighted by Crippen LogP contribution is 2.51. The van der Waals surface area contributed by atoms with Crippen molar-refractivity contribution in [3.05, 3.63) is 0 Å². The van der Waals surface area contributed by atoms with E-state index in [1.54, 1.807) is 4.74 Å². The number of rotatable bonds is 23. The van der Waals surface area contributed by atoms with Crippen molar-refractivity contribution >= 4 is 0 Å². The zero-order valence-corrected chi connectivity index (χ0v) is 21.6. The van der Waals surface area contributed by atoms with Crippen LogP contribution in [0.3, 0.4) is 0 Å². The van der Waals surface area contributed by atoms with Gasteiger partial charge in [0.2, 0.25) is 6.36 Å². The summed E-state index contributed by atoms with van der Waals surface area (Å²) in [6, 6.07) is 0. The second-order valence-electron chi connectivity index (χ2n) is 8.54. The molecule has 6 nitrogen and oxygen atoms in total. The Hall–Kier alpha value is -1.43. The molecule has 0 aliphatic rings. The third kappa shape index (κ3) is 12.5. The van der Waals surface area contributed by atoms with Gasteiger partial charge in [-0.2, -0.15) is 70.2 Å². The van der Waals surface area contributed by atoms with Crippen molar-refractivity contribution in [1.82, 2.24) is 0 Å².